The molecule has 0 bridgehead atoms. The van der Waals surface area contributed by atoms with E-state index in [0.717, 1.165) is 22.6 Å². The molecule has 2 heterocycles. The summed E-state index contributed by atoms with van der Waals surface area (Å²) < 4.78 is 12.6. The van der Waals surface area contributed by atoms with Gasteiger partial charge in [0.1, 0.15) is 17.2 Å². The SMILES string of the molecule is CCOc1ccc(CC(=O)Nc2c3c(nn2C)CCN(C(=O)OC(C)(C)C)C3)cc1. The molecule has 0 spiro atoms. The first kappa shape index (κ1) is 21.7. The first-order valence-corrected chi connectivity index (χ1v) is 10.2. The standard InChI is InChI=1S/C22H30N4O4/c1-6-29-16-9-7-15(8-10-16)13-19(27)23-20-17-14-26(21(28)30-22(2,3)4)12-11-18(17)24-25(20)5/h7-10H,6,11-14H2,1-5H3,(H,23,27). The van der Waals surface area contributed by atoms with E-state index in [-0.39, 0.29) is 18.4 Å². The molecule has 3 rings (SSSR count). The zero-order chi connectivity index (χ0) is 21.9. The molecule has 2 aromatic rings. The zero-order valence-electron chi connectivity index (χ0n) is 18.3. The lowest BCUT2D eigenvalue weighted by Crippen LogP contribution is -2.40. The third kappa shape index (κ3) is 5.31. The summed E-state index contributed by atoms with van der Waals surface area (Å²) in [6.45, 7) is 8.96. The molecule has 30 heavy (non-hydrogen) atoms. The highest BCUT2D eigenvalue weighted by Gasteiger charge is 2.30. The van der Waals surface area contributed by atoms with E-state index in [0.29, 0.717) is 31.9 Å². The minimum absolute atomic E-state index is 0.139. The van der Waals surface area contributed by atoms with Crippen molar-refractivity contribution >= 4 is 17.8 Å². The average molecular weight is 415 g/mol. The van der Waals surface area contributed by atoms with Gasteiger partial charge in [-0.05, 0) is 45.4 Å². The molecule has 1 aliphatic rings. The number of nitrogens with zero attached hydrogens (tertiary/aromatic N) is 3. The monoisotopic (exact) mass is 414 g/mol. The average Bonchev–Trinajstić information content (AvgIpc) is 2.97. The van der Waals surface area contributed by atoms with Crippen molar-refractivity contribution in [2.75, 3.05) is 18.5 Å². The van der Waals surface area contributed by atoms with Gasteiger partial charge in [-0.1, -0.05) is 12.1 Å². The number of aromatic nitrogens is 2. The summed E-state index contributed by atoms with van der Waals surface area (Å²) in [6, 6.07) is 7.48. The molecule has 0 aliphatic carbocycles. The fourth-order valence-electron chi connectivity index (χ4n) is 3.37. The molecule has 8 heteroatoms. The van der Waals surface area contributed by atoms with Crippen molar-refractivity contribution in [1.82, 2.24) is 14.7 Å². The maximum Gasteiger partial charge on any atom is 0.410 e. The number of anilines is 1. The summed E-state index contributed by atoms with van der Waals surface area (Å²) in [6.07, 6.45) is 0.503. The Hall–Kier alpha value is -3.03. The summed E-state index contributed by atoms with van der Waals surface area (Å²) >= 11 is 0. The molecule has 8 nitrogen and oxygen atoms in total. The number of carbonyl (C=O) groups is 2. The van der Waals surface area contributed by atoms with E-state index in [2.05, 4.69) is 10.4 Å². The van der Waals surface area contributed by atoms with Gasteiger partial charge in [0.15, 0.2) is 0 Å². The highest BCUT2D eigenvalue weighted by Crippen LogP contribution is 2.27. The van der Waals surface area contributed by atoms with Crippen molar-refractivity contribution in [3.8, 4) is 5.75 Å². The minimum atomic E-state index is -0.555. The molecule has 2 amide bonds. The summed E-state index contributed by atoms with van der Waals surface area (Å²) in [5, 5.41) is 7.48. The van der Waals surface area contributed by atoms with Crippen molar-refractivity contribution in [2.24, 2.45) is 7.05 Å². The van der Waals surface area contributed by atoms with Gasteiger partial charge in [-0.15, -0.1) is 0 Å². The van der Waals surface area contributed by atoms with E-state index in [9.17, 15) is 9.59 Å². The van der Waals surface area contributed by atoms with Crippen molar-refractivity contribution in [1.29, 1.82) is 0 Å². The van der Waals surface area contributed by atoms with E-state index in [1.807, 2.05) is 52.0 Å². The first-order valence-electron chi connectivity index (χ1n) is 10.2. The number of benzene rings is 1. The van der Waals surface area contributed by atoms with E-state index < -0.39 is 5.60 Å². The number of ether oxygens (including phenoxy) is 2. The van der Waals surface area contributed by atoms with Gasteiger partial charge in [0.05, 0.1) is 25.3 Å². The van der Waals surface area contributed by atoms with E-state index in [4.69, 9.17) is 9.47 Å². The Morgan fingerprint density at radius 1 is 1.20 bits per heavy atom. The van der Waals surface area contributed by atoms with Crippen LogP contribution in [0.5, 0.6) is 5.75 Å². The van der Waals surface area contributed by atoms with Gasteiger partial charge in [-0.25, -0.2) is 4.79 Å². The Balaban J connectivity index is 1.68. The van der Waals surface area contributed by atoms with Crippen LogP contribution < -0.4 is 10.1 Å². The largest absolute Gasteiger partial charge is 0.494 e. The molecule has 162 valence electrons. The Morgan fingerprint density at radius 3 is 2.53 bits per heavy atom. The predicted molar refractivity (Wildman–Crippen MR) is 114 cm³/mol. The van der Waals surface area contributed by atoms with Crippen LogP contribution in [0.25, 0.3) is 0 Å². The van der Waals surface area contributed by atoms with Crippen molar-refractivity contribution in [3.05, 3.63) is 41.1 Å². The summed E-state index contributed by atoms with van der Waals surface area (Å²) in [7, 11) is 1.79. The summed E-state index contributed by atoms with van der Waals surface area (Å²) in [5.41, 5.74) is 2.09. The lowest BCUT2D eigenvalue weighted by Gasteiger charge is -2.29. The van der Waals surface area contributed by atoms with Gasteiger partial charge in [0, 0.05) is 25.6 Å². The quantitative estimate of drug-likeness (QED) is 0.811. The van der Waals surface area contributed by atoms with Crippen LogP contribution in [0.3, 0.4) is 0 Å². The molecule has 1 aliphatic heterocycles. The van der Waals surface area contributed by atoms with Crippen LogP contribution in [0.2, 0.25) is 0 Å². The molecular weight excluding hydrogens is 384 g/mol. The predicted octanol–water partition coefficient (Wildman–Crippen LogP) is 3.29. The Labute approximate surface area is 177 Å². The fourth-order valence-corrected chi connectivity index (χ4v) is 3.37. The van der Waals surface area contributed by atoms with E-state index in [1.54, 1.807) is 16.6 Å². The topological polar surface area (TPSA) is 85.7 Å². The van der Waals surface area contributed by atoms with Crippen LogP contribution in [0.1, 0.15) is 44.5 Å². The second-order valence-corrected chi connectivity index (χ2v) is 8.35. The maximum atomic E-state index is 12.6. The molecule has 0 radical (unpaired) electrons. The Bertz CT molecular complexity index is 912. The van der Waals surface area contributed by atoms with Gasteiger partial charge in [0.25, 0.3) is 0 Å². The number of fused-ring (bicyclic) bond motifs is 1. The number of carbonyl (C=O) groups excluding carboxylic acids is 2. The third-order valence-electron chi connectivity index (χ3n) is 4.70. The molecule has 0 saturated carbocycles. The minimum Gasteiger partial charge on any atom is -0.494 e. The number of amides is 2. The molecule has 1 aromatic heterocycles. The molecule has 1 N–H and O–H groups in total. The zero-order valence-corrected chi connectivity index (χ0v) is 18.3. The summed E-state index contributed by atoms with van der Waals surface area (Å²) in [4.78, 5) is 26.8. The Morgan fingerprint density at radius 2 is 1.90 bits per heavy atom. The lowest BCUT2D eigenvalue weighted by atomic mass is 10.1. The Kier molecular flexibility index (Phi) is 6.34. The summed E-state index contributed by atoms with van der Waals surface area (Å²) in [5.74, 6) is 1.26. The molecular formula is C22H30N4O4. The maximum absolute atomic E-state index is 12.6. The molecule has 0 saturated heterocycles. The molecule has 1 aromatic carbocycles. The second-order valence-electron chi connectivity index (χ2n) is 8.35. The van der Waals surface area contributed by atoms with E-state index in [1.165, 1.54) is 0 Å². The fraction of sp³-hybridized carbons (Fsp3) is 0.500. The van der Waals surface area contributed by atoms with Gasteiger partial charge in [0.2, 0.25) is 5.91 Å². The van der Waals surface area contributed by atoms with Crippen molar-refractivity contribution in [3.63, 3.8) is 0 Å². The van der Waals surface area contributed by atoms with Crippen LogP contribution >= 0.6 is 0 Å². The molecule has 0 atom stereocenters. The number of nitrogens with one attached hydrogen (secondary N) is 1. The molecule has 0 unspecified atom stereocenters. The highest BCUT2D eigenvalue weighted by atomic mass is 16.6. The highest BCUT2D eigenvalue weighted by molar-refractivity contribution is 5.92. The number of hydrogen-bond donors (Lipinski definition) is 1. The van der Waals surface area contributed by atoms with E-state index >= 15 is 0 Å². The number of rotatable bonds is 5. The lowest BCUT2D eigenvalue weighted by molar-refractivity contribution is -0.115. The van der Waals surface area contributed by atoms with Crippen molar-refractivity contribution in [2.45, 2.75) is 52.7 Å². The number of aryl methyl sites for hydroxylation is 1. The second kappa shape index (κ2) is 8.77. The third-order valence-corrected chi connectivity index (χ3v) is 4.70. The number of hydrogen-bond acceptors (Lipinski definition) is 5. The van der Waals surface area contributed by atoms with Gasteiger partial charge >= 0.3 is 6.09 Å². The van der Waals surface area contributed by atoms with Crippen LogP contribution in [-0.2, 0) is 36.0 Å². The smallest absolute Gasteiger partial charge is 0.410 e. The van der Waals surface area contributed by atoms with Crippen molar-refractivity contribution < 1.29 is 19.1 Å². The van der Waals surface area contributed by atoms with Crippen LogP contribution in [0.4, 0.5) is 10.6 Å². The van der Waals surface area contributed by atoms with Gasteiger partial charge in [-0.2, -0.15) is 5.10 Å². The first-order chi connectivity index (χ1) is 14.2. The molecule has 0 fully saturated rings. The van der Waals surface area contributed by atoms with Crippen LogP contribution in [-0.4, -0.2) is 45.4 Å². The van der Waals surface area contributed by atoms with Gasteiger partial charge in [-0.3, -0.25) is 9.48 Å². The normalized spacial score (nSPS) is 13.6. The van der Waals surface area contributed by atoms with Crippen LogP contribution in [0, 0.1) is 0 Å². The van der Waals surface area contributed by atoms with Crippen LogP contribution in [0.15, 0.2) is 24.3 Å². The van der Waals surface area contributed by atoms with Gasteiger partial charge < -0.3 is 19.7 Å².